The molecule has 12 heavy (non-hydrogen) atoms. The first-order valence-electron chi connectivity index (χ1n) is 3.48. The quantitative estimate of drug-likeness (QED) is 0.518. The second-order valence-corrected chi connectivity index (χ2v) is 2.63. The predicted molar refractivity (Wildman–Crippen MR) is 40.6 cm³/mol. The lowest BCUT2D eigenvalue weighted by molar-refractivity contribution is -0.544. The van der Waals surface area contributed by atoms with Crippen LogP contribution in [0.15, 0.2) is 22.6 Å². The largest absolute Gasteiger partial charge is 0.467 e. The summed E-state index contributed by atoms with van der Waals surface area (Å²) in [6.07, 6.45) is 0. The van der Waals surface area contributed by atoms with Gasteiger partial charge in [-0.05, 0) is 19.4 Å². The minimum atomic E-state index is -0.418. The van der Waals surface area contributed by atoms with E-state index in [4.69, 9.17) is 5.26 Å². The number of nitriles is 1. The predicted octanol–water partition coefficient (Wildman–Crippen LogP) is -0.280. The van der Waals surface area contributed by atoms with Crippen molar-refractivity contribution >= 4 is 5.91 Å². The summed E-state index contributed by atoms with van der Waals surface area (Å²) < 4.78 is 0. The Bertz CT molecular complexity index is 345. The summed E-state index contributed by atoms with van der Waals surface area (Å²) in [6, 6.07) is 1.81. The molecule has 0 fully saturated rings. The maximum absolute atomic E-state index is 11.1. The van der Waals surface area contributed by atoms with Crippen molar-refractivity contribution in [1.82, 2.24) is 0 Å². The highest BCUT2D eigenvalue weighted by Gasteiger charge is 2.27. The van der Waals surface area contributed by atoms with Gasteiger partial charge in [-0.3, -0.25) is 0 Å². The zero-order chi connectivity index (χ0) is 9.30. The number of aliphatic hydroxyl groups is 1. The summed E-state index contributed by atoms with van der Waals surface area (Å²) in [4.78, 5) is 11.1. The summed E-state index contributed by atoms with van der Waals surface area (Å²) in [5.74, 6) is -0.463. The van der Waals surface area contributed by atoms with Gasteiger partial charge in [-0.1, -0.05) is 0 Å². The van der Waals surface area contributed by atoms with Crippen LogP contribution in [0.25, 0.3) is 0 Å². The molecule has 0 aromatic rings. The molecule has 1 rings (SSSR count). The molecule has 0 radical (unpaired) electrons. The minimum absolute atomic E-state index is 0.0449. The molecule has 0 saturated heterocycles. The van der Waals surface area contributed by atoms with Gasteiger partial charge in [0.2, 0.25) is 0 Å². The lowest BCUT2D eigenvalue weighted by Gasteiger charge is -2.09. The van der Waals surface area contributed by atoms with E-state index in [1.807, 2.05) is 6.07 Å². The number of primary amides is 1. The number of aliphatic hydroxyl groups excluding tert-OH is 1. The molecule has 62 valence electrons. The first-order valence-corrected chi connectivity index (χ1v) is 3.48. The van der Waals surface area contributed by atoms with E-state index >= 15 is 0 Å². The molecule has 0 bridgehead atoms. The van der Waals surface area contributed by atoms with E-state index in [0.717, 1.165) is 5.32 Å². The molecule has 0 unspecified atom stereocenters. The third-order valence-corrected chi connectivity index (χ3v) is 1.95. The maximum Gasteiger partial charge on any atom is 0.361 e. The molecule has 0 aromatic carbocycles. The number of carbonyl (C=O) groups excluding carboxylic acids is 1. The van der Waals surface area contributed by atoms with Crippen LogP contribution in [0.2, 0.25) is 0 Å². The highest BCUT2D eigenvalue weighted by molar-refractivity contribution is 5.93. The maximum atomic E-state index is 11.1. The van der Waals surface area contributed by atoms with Gasteiger partial charge in [0, 0.05) is 0 Å². The Balaban J connectivity index is 3.29. The van der Waals surface area contributed by atoms with Crippen LogP contribution in [-0.2, 0) is 4.79 Å². The molecule has 0 aliphatic carbocycles. The van der Waals surface area contributed by atoms with Crippen molar-refractivity contribution in [1.29, 1.82) is 5.26 Å². The lowest BCUT2D eigenvalue weighted by Crippen LogP contribution is -2.87. The van der Waals surface area contributed by atoms with Crippen LogP contribution >= 0.6 is 0 Å². The Morgan fingerprint density at radius 1 is 1.42 bits per heavy atom. The van der Waals surface area contributed by atoms with Crippen molar-refractivity contribution in [2.75, 3.05) is 0 Å². The molecular formula is C8H9N2O2+. The number of carbonyl (C=O) groups is 1. The van der Waals surface area contributed by atoms with Crippen LogP contribution < -0.4 is 5.32 Å². The van der Waals surface area contributed by atoms with Gasteiger partial charge in [0.15, 0.2) is 5.57 Å². The lowest BCUT2D eigenvalue weighted by atomic mass is 10.0. The smallest absolute Gasteiger partial charge is 0.361 e. The number of rotatable bonds is 0. The van der Waals surface area contributed by atoms with E-state index in [0.29, 0.717) is 11.1 Å². The second-order valence-electron chi connectivity index (χ2n) is 2.63. The monoisotopic (exact) mass is 165 g/mol. The fraction of sp³-hybridized carbons (Fsp3) is 0.250. The Kier molecular flexibility index (Phi) is 1.98. The first kappa shape index (κ1) is 8.50. The zero-order valence-electron chi connectivity index (χ0n) is 6.88. The fourth-order valence-electron chi connectivity index (χ4n) is 1.01. The third kappa shape index (κ3) is 1.11. The summed E-state index contributed by atoms with van der Waals surface area (Å²) in [5.41, 5.74) is 1.26. The van der Waals surface area contributed by atoms with Crippen LogP contribution in [0, 0.1) is 11.3 Å². The number of amides is 1. The van der Waals surface area contributed by atoms with Crippen LogP contribution in [-0.4, -0.2) is 11.0 Å². The van der Waals surface area contributed by atoms with E-state index in [-0.39, 0.29) is 11.5 Å². The van der Waals surface area contributed by atoms with E-state index in [1.54, 1.807) is 13.8 Å². The van der Waals surface area contributed by atoms with Gasteiger partial charge in [-0.25, -0.2) is 10.1 Å². The highest BCUT2D eigenvalue weighted by Crippen LogP contribution is 2.16. The molecule has 0 aromatic heterocycles. The summed E-state index contributed by atoms with van der Waals surface area (Å²) in [6.45, 7) is 3.32. The first-order chi connectivity index (χ1) is 5.57. The number of hydrogen-bond acceptors (Lipinski definition) is 3. The van der Waals surface area contributed by atoms with Gasteiger partial charge in [0.1, 0.15) is 6.07 Å². The topological polar surface area (TPSA) is 77.7 Å². The number of quaternary nitrogens is 1. The Morgan fingerprint density at radius 3 is 2.50 bits per heavy atom. The standard InChI is InChI=1S/C8H8N2O2/c1-4-5(2)7(11)10-8(12)6(4)3-9/h1-2H3,(H2,10,11,12)/p+1. The fourth-order valence-corrected chi connectivity index (χ4v) is 1.01. The van der Waals surface area contributed by atoms with Crippen molar-refractivity contribution in [3.63, 3.8) is 0 Å². The number of allylic oxidation sites excluding steroid dienone is 2. The Hall–Kier alpha value is -1.60. The average Bonchev–Trinajstić information content (AvgIpc) is 2.01. The van der Waals surface area contributed by atoms with Crippen molar-refractivity contribution < 1.29 is 15.2 Å². The van der Waals surface area contributed by atoms with Crippen LogP contribution in [0.4, 0.5) is 0 Å². The van der Waals surface area contributed by atoms with Gasteiger partial charge in [0.05, 0.1) is 5.57 Å². The summed E-state index contributed by atoms with van der Waals surface area (Å²) >= 11 is 0. The van der Waals surface area contributed by atoms with Crippen molar-refractivity contribution in [3.05, 3.63) is 22.6 Å². The Morgan fingerprint density at radius 2 is 2.00 bits per heavy atom. The van der Waals surface area contributed by atoms with Crippen LogP contribution in [0.5, 0.6) is 0 Å². The van der Waals surface area contributed by atoms with E-state index in [1.165, 1.54) is 0 Å². The molecule has 0 spiro atoms. The van der Waals surface area contributed by atoms with Crippen molar-refractivity contribution in [2.24, 2.45) is 0 Å². The molecule has 1 aliphatic rings. The number of nitrogens with zero attached hydrogens (tertiary/aromatic N) is 1. The van der Waals surface area contributed by atoms with Crippen molar-refractivity contribution in [2.45, 2.75) is 13.8 Å². The van der Waals surface area contributed by atoms with E-state index in [2.05, 4.69) is 0 Å². The van der Waals surface area contributed by atoms with Crippen LogP contribution in [0.1, 0.15) is 13.8 Å². The number of hydrogen-bond donors (Lipinski definition) is 2. The molecule has 1 amide bonds. The van der Waals surface area contributed by atoms with Gasteiger partial charge < -0.3 is 5.11 Å². The number of nitrogens with two attached hydrogens (primary N) is 1. The molecule has 4 heteroatoms. The summed E-state index contributed by atoms with van der Waals surface area (Å²) in [7, 11) is 0. The third-order valence-electron chi connectivity index (χ3n) is 1.95. The van der Waals surface area contributed by atoms with Gasteiger partial charge in [-0.15, -0.1) is 0 Å². The van der Waals surface area contributed by atoms with Gasteiger partial charge in [0.25, 0.3) is 5.88 Å². The van der Waals surface area contributed by atoms with E-state index < -0.39 is 5.91 Å². The SMILES string of the molecule is CC1=C(O)[NH2+]C(=O)C(C#N)=C1C. The molecule has 4 nitrogen and oxygen atoms in total. The average molecular weight is 165 g/mol. The molecule has 0 atom stereocenters. The highest BCUT2D eigenvalue weighted by atomic mass is 16.3. The minimum Gasteiger partial charge on any atom is -0.467 e. The molecule has 1 aliphatic heterocycles. The van der Waals surface area contributed by atoms with Gasteiger partial charge >= 0.3 is 5.91 Å². The van der Waals surface area contributed by atoms with Crippen LogP contribution in [0.3, 0.4) is 0 Å². The molecular weight excluding hydrogens is 156 g/mol. The molecule has 3 N–H and O–H groups in total. The Labute approximate surface area is 69.8 Å². The van der Waals surface area contributed by atoms with Gasteiger partial charge in [-0.2, -0.15) is 5.26 Å². The van der Waals surface area contributed by atoms with Crippen molar-refractivity contribution in [3.8, 4) is 6.07 Å². The summed E-state index contributed by atoms with van der Waals surface area (Å²) in [5, 5.41) is 18.8. The molecule has 1 heterocycles. The second kappa shape index (κ2) is 2.80. The zero-order valence-corrected chi connectivity index (χ0v) is 6.88. The van der Waals surface area contributed by atoms with E-state index in [9.17, 15) is 9.90 Å². The molecule has 0 saturated carbocycles. The normalized spacial score (nSPS) is 18.2.